The van der Waals surface area contributed by atoms with Crippen molar-refractivity contribution in [3.63, 3.8) is 0 Å². The monoisotopic (exact) mass is 595 g/mol. The van der Waals surface area contributed by atoms with E-state index in [0.29, 0.717) is 26.9 Å². The van der Waals surface area contributed by atoms with Gasteiger partial charge in [0.25, 0.3) is 5.56 Å². The van der Waals surface area contributed by atoms with Crippen LogP contribution in [0.25, 0.3) is 22.3 Å². The fourth-order valence-electron chi connectivity index (χ4n) is 3.88. The summed E-state index contributed by atoms with van der Waals surface area (Å²) < 4.78 is 60.9. The SMILES string of the molecule is O=c1c2ccccc2nc(-c2cccc(C(F)(F)F)c2)n1N=Cc1ccc(OCc2cccc(F)c2)c(Br)c1. The molecule has 0 aliphatic carbocycles. The Hall–Kier alpha value is -4.31. The van der Waals surface area contributed by atoms with Crippen LogP contribution in [0.3, 0.4) is 0 Å². The van der Waals surface area contributed by atoms with Gasteiger partial charge in [-0.2, -0.15) is 22.9 Å². The van der Waals surface area contributed by atoms with Crippen LogP contribution in [0.5, 0.6) is 5.75 Å². The van der Waals surface area contributed by atoms with Crippen molar-refractivity contribution >= 4 is 33.0 Å². The molecule has 0 saturated carbocycles. The standard InChI is InChI=1S/C29H18BrF4N3O2/c30-24-14-18(11-12-26(24)39-17-19-5-3-8-22(31)13-19)16-35-37-27(20-6-4-7-21(15-20)29(32,33)34)36-25-10-2-1-9-23(25)28(37)38/h1-16H,17H2. The van der Waals surface area contributed by atoms with Crippen LogP contribution in [0.4, 0.5) is 17.6 Å². The van der Waals surface area contributed by atoms with E-state index < -0.39 is 17.3 Å². The van der Waals surface area contributed by atoms with E-state index in [-0.39, 0.29) is 29.2 Å². The van der Waals surface area contributed by atoms with E-state index in [4.69, 9.17) is 4.74 Å². The molecule has 10 heteroatoms. The second-order valence-corrected chi connectivity index (χ2v) is 9.36. The molecule has 196 valence electrons. The lowest BCUT2D eigenvalue weighted by Gasteiger charge is -2.12. The Kier molecular flexibility index (Phi) is 7.30. The molecule has 0 bridgehead atoms. The molecule has 0 spiro atoms. The summed E-state index contributed by atoms with van der Waals surface area (Å²) in [4.78, 5) is 17.8. The summed E-state index contributed by atoms with van der Waals surface area (Å²) >= 11 is 3.44. The molecule has 5 aromatic rings. The minimum Gasteiger partial charge on any atom is -0.488 e. The molecule has 5 nitrogen and oxygen atoms in total. The van der Waals surface area contributed by atoms with Gasteiger partial charge in [-0.05, 0) is 81.7 Å². The van der Waals surface area contributed by atoms with Crippen molar-refractivity contribution in [2.24, 2.45) is 5.10 Å². The second kappa shape index (κ2) is 10.8. The lowest BCUT2D eigenvalue weighted by molar-refractivity contribution is -0.137. The Morgan fingerprint density at radius 3 is 2.51 bits per heavy atom. The fraction of sp³-hybridized carbons (Fsp3) is 0.0690. The summed E-state index contributed by atoms with van der Waals surface area (Å²) in [7, 11) is 0. The number of benzene rings is 4. The normalized spacial score (nSPS) is 11.8. The molecule has 0 aliphatic heterocycles. The number of para-hydroxylation sites is 1. The van der Waals surface area contributed by atoms with Gasteiger partial charge in [0, 0.05) is 5.56 Å². The third-order valence-corrected chi connectivity index (χ3v) is 6.38. The predicted octanol–water partition coefficient (Wildman–Crippen LogP) is 7.45. The molecule has 4 aromatic carbocycles. The Morgan fingerprint density at radius 2 is 1.74 bits per heavy atom. The molecule has 0 amide bonds. The Labute approximate surface area is 228 Å². The first-order chi connectivity index (χ1) is 18.7. The van der Waals surface area contributed by atoms with Gasteiger partial charge < -0.3 is 4.74 Å². The second-order valence-electron chi connectivity index (χ2n) is 8.50. The molecule has 0 aliphatic rings. The maximum atomic E-state index is 13.4. The molecule has 1 heterocycles. The highest BCUT2D eigenvalue weighted by atomic mass is 79.9. The van der Waals surface area contributed by atoms with Crippen molar-refractivity contribution in [1.29, 1.82) is 0 Å². The Bertz CT molecular complexity index is 1770. The summed E-state index contributed by atoms with van der Waals surface area (Å²) in [5.41, 5.74) is 0.276. The first kappa shape index (κ1) is 26.3. The number of aromatic nitrogens is 2. The lowest BCUT2D eigenvalue weighted by Crippen LogP contribution is -2.20. The van der Waals surface area contributed by atoms with Gasteiger partial charge in [-0.15, -0.1) is 0 Å². The molecular weight excluding hydrogens is 578 g/mol. The van der Waals surface area contributed by atoms with E-state index in [2.05, 4.69) is 26.0 Å². The molecule has 0 atom stereocenters. The zero-order valence-electron chi connectivity index (χ0n) is 20.0. The third-order valence-electron chi connectivity index (χ3n) is 5.76. The lowest BCUT2D eigenvalue weighted by atomic mass is 10.1. The van der Waals surface area contributed by atoms with Crippen LogP contribution in [0.15, 0.2) is 105 Å². The van der Waals surface area contributed by atoms with Crippen molar-refractivity contribution in [2.75, 3.05) is 0 Å². The van der Waals surface area contributed by atoms with Crippen molar-refractivity contribution < 1.29 is 22.3 Å². The molecule has 0 unspecified atom stereocenters. The number of hydrogen-bond donors (Lipinski definition) is 0. The van der Waals surface area contributed by atoms with Crippen LogP contribution in [0, 0.1) is 5.82 Å². The minimum atomic E-state index is -4.56. The van der Waals surface area contributed by atoms with Gasteiger partial charge in [0.2, 0.25) is 0 Å². The van der Waals surface area contributed by atoms with Crippen LogP contribution in [0.2, 0.25) is 0 Å². The Morgan fingerprint density at radius 1 is 0.949 bits per heavy atom. The number of fused-ring (bicyclic) bond motifs is 1. The van der Waals surface area contributed by atoms with Crippen molar-refractivity contribution in [1.82, 2.24) is 9.66 Å². The van der Waals surface area contributed by atoms with E-state index in [1.807, 2.05) is 0 Å². The van der Waals surface area contributed by atoms with Gasteiger partial charge in [0.05, 0.1) is 27.2 Å². The molecule has 0 N–H and O–H groups in total. The van der Waals surface area contributed by atoms with E-state index >= 15 is 0 Å². The molecule has 5 rings (SSSR count). The predicted molar refractivity (Wildman–Crippen MR) is 144 cm³/mol. The fourth-order valence-corrected chi connectivity index (χ4v) is 4.39. The van der Waals surface area contributed by atoms with E-state index in [1.165, 1.54) is 30.5 Å². The maximum absolute atomic E-state index is 13.4. The van der Waals surface area contributed by atoms with Crippen molar-refractivity contribution in [3.05, 3.63) is 128 Å². The number of ether oxygens (including phenoxy) is 1. The number of alkyl halides is 3. The highest BCUT2D eigenvalue weighted by molar-refractivity contribution is 9.10. The molecule has 0 saturated heterocycles. The van der Waals surface area contributed by atoms with Gasteiger partial charge in [-0.1, -0.05) is 36.4 Å². The zero-order valence-corrected chi connectivity index (χ0v) is 21.6. The van der Waals surface area contributed by atoms with Gasteiger partial charge in [-0.3, -0.25) is 4.79 Å². The first-order valence-corrected chi connectivity index (χ1v) is 12.4. The van der Waals surface area contributed by atoms with E-state index in [1.54, 1.807) is 54.6 Å². The van der Waals surface area contributed by atoms with Crippen LogP contribution in [-0.2, 0) is 12.8 Å². The topological polar surface area (TPSA) is 56.5 Å². The van der Waals surface area contributed by atoms with E-state index in [0.717, 1.165) is 16.8 Å². The van der Waals surface area contributed by atoms with Crippen LogP contribution >= 0.6 is 15.9 Å². The quantitative estimate of drug-likeness (QED) is 0.151. The van der Waals surface area contributed by atoms with Gasteiger partial charge >= 0.3 is 6.18 Å². The van der Waals surface area contributed by atoms with Gasteiger partial charge in [0.15, 0.2) is 5.82 Å². The average molecular weight is 596 g/mol. The Balaban J connectivity index is 1.50. The van der Waals surface area contributed by atoms with E-state index in [9.17, 15) is 22.4 Å². The van der Waals surface area contributed by atoms with Crippen LogP contribution in [0.1, 0.15) is 16.7 Å². The average Bonchev–Trinajstić information content (AvgIpc) is 2.91. The van der Waals surface area contributed by atoms with Crippen molar-refractivity contribution in [2.45, 2.75) is 12.8 Å². The van der Waals surface area contributed by atoms with Gasteiger partial charge in [-0.25, -0.2) is 9.37 Å². The van der Waals surface area contributed by atoms with Crippen molar-refractivity contribution in [3.8, 4) is 17.1 Å². The minimum absolute atomic E-state index is 0.0323. The molecule has 0 radical (unpaired) electrons. The summed E-state index contributed by atoms with van der Waals surface area (Å²) in [6, 6.07) is 22.3. The molecule has 0 fully saturated rings. The smallest absolute Gasteiger partial charge is 0.416 e. The summed E-state index contributed by atoms with van der Waals surface area (Å²) in [6.07, 6.45) is -3.16. The van der Waals surface area contributed by atoms with Gasteiger partial charge in [0.1, 0.15) is 18.2 Å². The number of rotatable bonds is 6. The third kappa shape index (κ3) is 5.91. The number of hydrogen-bond acceptors (Lipinski definition) is 4. The molecule has 39 heavy (non-hydrogen) atoms. The largest absolute Gasteiger partial charge is 0.488 e. The van der Waals surface area contributed by atoms with Crippen LogP contribution < -0.4 is 10.3 Å². The highest BCUT2D eigenvalue weighted by Crippen LogP contribution is 2.32. The molecular formula is C29H18BrF4N3O2. The maximum Gasteiger partial charge on any atom is 0.416 e. The number of halogens is 5. The zero-order chi connectivity index (χ0) is 27.6. The summed E-state index contributed by atoms with van der Waals surface area (Å²) in [6.45, 7) is 0.155. The van der Waals surface area contributed by atoms with Crippen LogP contribution in [-0.4, -0.2) is 15.9 Å². The highest BCUT2D eigenvalue weighted by Gasteiger charge is 2.31. The first-order valence-electron chi connectivity index (χ1n) is 11.6. The molecule has 1 aromatic heterocycles. The summed E-state index contributed by atoms with van der Waals surface area (Å²) in [5, 5.41) is 4.57. The number of nitrogens with zero attached hydrogens (tertiary/aromatic N) is 3. The summed E-state index contributed by atoms with van der Waals surface area (Å²) in [5.74, 6) is 0.116.